The van der Waals surface area contributed by atoms with Crippen LogP contribution in [0, 0.1) is 6.92 Å². The third kappa shape index (κ3) is 4.48. The van der Waals surface area contributed by atoms with E-state index in [4.69, 9.17) is 9.15 Å². The van der Waals surface area contributed by atoms with Crippen LogP contribution in [0.25, 0.3) is 22.5 Å². The molecular weight excluding hydrogens is 386 g/mol. The minimum atomic E-state index is -0.430. The summed E-state index contributed by atoms with van der Waals surface area (Å²) in [6.07, 6.45) is 1.74. The summed E-state index contributed by atoms with van der Waals surface area (Å²) in [7, 11) is 0. The molecule has 4 nitrogen and oxygen atoms in total. The molecule has 0 aliphatic rings. The van der Waals surface area contributed by atoms with E-state index in [0.717, 1.165) is 16.7 Å². The Morgan fingerprint density at radius 2 is 1.52 bits per heavy atom. The molecule has 1 aromatic heterocycles. The first-order valence-corrected chi connectivity index (χ1v) is 10.2. The van der Waals surface area contributed by atoms with Gasteiger partial charge in [-0.1, -0.05) is 90.5 Å². The number of hydrogen-bond donors (Lipinski definition) is 0. The van der Waals surface area contributed by atoms with Gasteiger partial charge in [-0.3, -0.25) is 0 Å². The molecule has 4 rings (SSSR count). The molecule has 0 saturated carbocycles. The number of nitrogens with zero attached hydrogens (tertiary/aromatic N) is 1. The van der Waals surface area contributed by atoms with Gasteiger partial charge >= 0.3 is 5.97 Å². The molecule has 0 unspecified atom stereocenters. The van der Waals surface area contributed by atoms with Crippen molar-refractivity contribution in [3.63, 3.8) is 0 Å². The third-order valence-electron chi connectivity index (χ3n) is 4.88. The van der Waals surface area contributed by atoms with Crippen molar-refractivity contribution in [1.29, 1.82) is 0 Å². The molecule has 154 valence electrons. The van der Waals surface area contributed by atoms with Crippen molar-refractivity contribution in [2.75, 3.05) is 6.61 Å². The van der Waals surface area contributed by atoms with Crippen LogP contribution in [0.1, 0.15) is 28.4 Å². The van der Waals surface area contributed by atoms with E-state index in [1.807, 2.05) is 91.9 Å². The van der Waals surface area contributed by atoms with Crippen LogP contribution in [-0.2, 0) is 4.74 Å². The summed E-state index contributed by atoms with van der Waals surface area (Å²) in [5.41, 5.74) is 4.76. The van der Waals surface area contributed by atoms with Crippen LogP contribution >= 0.6 is 0 Å². The molecule has 0 fully saturated rings. The fourth-order valence-electron chi connectivity index (χ4n) is 3.36. The van der Waals surface area contributed by atoms with E-state index in [1.54, 1.807) is 13.1 Å². The first kappa shape index (κ1) is 20.4. The van der Waals surface area contributed by atoms with E-state index >= 15 is 0 Å². The zero-order valence-corrected chi connectivity index (χ0v) is 17.5. The van der Waals surface area contributed by atoms with Gasteiger partial charge in [0.1, 0.15) is 5.56 Å². The quantitative estimate of drug-likeness (QED) is 0.258. The second-order valence-corrected chi connectivity index (χ2v) is 7.11. The second kappa shape index (κ2) is 9.26. The van der Waals surface area contributed by atoms with Gasteiger partial charge in [0.15, 0.2) is 5.76 Å². The number of carbonyl (C=O) groups is 1. The Labute approximate surface area is 181 Å². The number of aryl methyl sites for hydroxylation is 1. The Hall–Kier alpha value is -3.92. The van der Waals surface area contributed by atoms with E-state index < -0.39 is 5.97 Å². The largest absolute Gasteiger partial charge is 0.462 e. The maximum absolute atomic E-state index is 13.0. The molecule has 4 heteroatoms. The van der Waals surface area contributed by atoms with Crippen LogP contribution in [0.3, 0.4) is 0 Å². The van der Waals surface area contributed by atoms with E-state index in [2.05, 4.69) is 4.99 Å². The molecule has 31 heavy (non-hydrogen) atoms. The molecule has 0 radical (unpaired) electrons. The Kier molecular flexibility index (Phi) is 6.08. The van der Waals surface area contributed by atoms with Gasteiger partial charge in [-0.25, -0.2) is 9.79 Å². The number of aliphatic imine (C=N–C) groups is 1. The van der Waals surface area contributed by atoms with Crippen molar-refractivity contribution in [2.45, 2.75) is 13.8 Å². The van der Waals surface area contributed by atoms with Gasteiger partial charge < -0.3 is 9.15 Å². The van der Waals surface area contributed by atoms with Gasteiger partial charge in [0.25, 0.3) is 0 Å². The normalized spacial score (nSPS) is 11.0. The molecule has 0 aliphatic heterocycles. The zero-order chi connectivity index (χ0) is 21.6. The minimum Gasteiger partial charge on any atom is -0.462 e. The second-order valence-electron chi connectivity index (χ2n) is 7.11. The number of ether oxygens (including phenoxy) is 1. The molecule has 0 bridgehead atoms. The molecule has 0 spiro atoms. The third-order valence-corrected chi connectivity index (χ3v) is 4.88. The Morgan fingerprint density at radius 3 is 2.13 bits per heavy atom. The molecule has 0 amide bonds. The highest BCUT2D eigenvalue weighted by Gasteiger charge is 2.28. The fourth-order valence-corrected chi connectivity index (χ4v) is 3.36. The summed E-state index contributed by atoms with van der Waals surface area (Å²) in [6.45, 7) is 4.10. The van der Waals surface area contributed by atoms with Crippen molar-refractivity contribution >= 4 is 18.1 Å². The highest BCUT2D eigenvalue weighted by atomic mass is 16.5. The molecule has 4 aromatic rings. The van der Waals surface area contributed by atoms with Gasteiger partial charge in [-0.15, -0.1) is 0 Å². The van der Waals surface area contributed by atoms with Crippen LogP contribution in [0.5, 0.6) is 0 Å². The first-order valence-electron chi connectivity index (χ1n) is 10.2. The SMILES string of the molecule is CCOC(=O)c1c(-c2ccccc2)oc(/N=C/c2ccc(C)cc2)c1-c1ccccc1. The summed E-state index contributed by atoms with van der Waals surface area (Å²) < 4.78 is 11.6. The molecule has 1 heterocycles. The Bertz CT molecular complexity index is 1190. The average molecular weight is 409 g/mol. The van der Waals surface area contributed by atoms with Crippen LogP contribution in [0.4, 0.5) is 5.88 Å². The average Bonchev–Trinajstić information content (AvgIpc) is 3.20. The number of carbonyl (C=O) groups excluding carboxylic acids is 1. The highest BCUT2D eigenvalue weighted by Crippen LogP contribution is 2.43. The van der Waals surface area contributed by atoms with Crippen LogP contribution < -0.4 is 0 Å². The number of furan rings is 1. The van der Waals surface area contributed by atoms with Crippen molar-refractivity contribution in [2.24, 2.45) is 4.99 Å². The van der Waals surface area contributed by atoms with Crippen molar-refractivity contribution in [1.82, 2.24) is 0 Å². The molecule has 0 aliphatic carbocycles. The number of rotatable bonds is 6. The summed E-state index contributed by atoms with van der Waals surface area (Å²) in [5, 5.41) is 0. The minimum absolute atomic E-state index is 0.272. The summed E-state index contributed by atoms with van der Waals surface area (Å²) in [5.74, 6) is 0.392. The summed E-state index contributed by atoms with van der Waals surface area (Å²) in [4.78, 5) is 17.7. The van der Waals surface area contributed by atoms with Crippen molar-refractivity contribution in [3.05, 3.63) is 102 Å². The lowest BCUT2D eigenvalue weighted by atomic mass is 9.99. The van der Waals surface area contributed by atoms with E-state index in [-0.39, 0.29) is 6.61 Å². The first-order chi connectivity index (χ1) is 15.2. The van der Waals surface area contributed by atoms with Gasteiger partial charge in [-0.05, 0) is 25.0 Å². The number of benzene rings is 3. The van der Waals surface area contributed by atoms with E-state index in [0.29, 0.717) is 22.8 Å². The van der Waals surface area contributed by atoms with Crippen molar-refractivity contribution in [3.8, 4) is 22.5 Å². The van der Waals surface area contributed by atoms with Crippen molar-refractivity contribution < 1.29 is 13.9 Å². The predicted octanol–water partition coefficient (Wildman–Crippen LogP) is 6.85. The van der Waals surface area contributed by atoms with Crippen LogP contribution in [-0.4, -0.2) is 18.8 Å². The van der Waals surface area contributed by atoms with E-state index in [9.17, 15) is 4.79 Å². The predicted molar refractivity (Wildman–Crippen MR) is 124 cm³/mol. The fraction of sp³-hybridized carbons (Fsp3) is 0.111. The number of esters is 1. The Balaban J connectivity index is 1.92. The molecule has 3 aromatic carbocycles. The lowest BCUT2D eigenvalue weighted by molar-refractivity contribution is 0.0527. The summed E-state index contributed by atoms with van der Waals surface area (Å²) in [6, 6.07) is 27.2. The Morgan fingerprint density at radius 1 is 0.903 bits per heavy atom. The van der Waals surface area contributed by atoms with Gasteiger partial charge in [0, 0.05) is 11.8 Å². The van der Waals surface area contributed by atoms with Gasteiger partial charge in [0.2, 0.25) is 5.88 Å². The standard InChI is InChI=1S/C27H23NO3/c1-3-30-27(29)24-23(21-10-6-4-7-11-21)26(28-18-20-16-14-19(2)15-17-20)31-25(24)22-12-8-5-9-13-22/h4-18H,3H2,1-2H3/b28-18+. The lowest BCUT2D eigenvalue weighted by Gasteiger charge is -2.06. The van der Waals surface area contributed by atoms with E-state index in [1.165, 1.54) is 5.56 Å². The van der Waals surface area contributed by atoms with Gasteiger partial charge in [-0.2, -0.15) is 0 Å². The van der Waals surface area contributed by atoms with Crippen LogP contribution in [0.15, 0.2) is 94.3 Å². The maximum atomic E-state index is 13.0. The monoisotopic (exact) mass is 409 g/mol. The topological polar surface area (TPSA) is 51.8 Å². The summed E-state index contributed by atoms with van der Waals surface area (Å²) >= 11 is 0. The smallest absolute Gasteiger partial charge is 0.342 e. The molecular formula is C27H23NO3. The highest BCUT2D eigenvalue weighted by molar-refractivity contribution is 6.06. The molecule has 0 N–H and O–H groups in total. The maximum Gasteiger partial charge on any atom is 0.342 e. The molecule has 0 atom stereocenters. The van der Waals surface area contributed by atoms with Crippen LogP contribution in [0.2, 0.25) is 0 Å². The zero-order valence-electron chi connectivity index (χ0n) is 17.5. The molecule has 0 saturated heterocycles. The lowest BCUT2D eigenvalue weighted by Crippen LogP contribution is -2.06. The number of hydrogen-bond acceptors (Lipinski definition) is 4. The van der Waals surface area contributed by atoms with Gasteiger partial charge in [0.05, 0.1) is 12.2 Å².